The molecule has 180 valence electrons. The lowest BCUT2D eigenvalue weighted by Crippen LogP contribution is -2.36. The van der Waals surface area contributed by atoms with Gasteiger partial charge >= 0.3 is 0 Å². The average molecular weight is 484 g/mol. The third kappa shape index (κ3) is 6.06. The van der Waals surface area contributed by atoms with Crippen molar-refractivity contribution in [3.63, 3.8) is 0 Å². The molecule has 0 spiro atoms. The van der Waals surface area contributed by atoms with Crippen LogP contribution in [-0.2, 0) is 16.6 Å². The van der Waals surface area contributed by atoms with Gasteiger partial charge < -0.3 is 15.5 Å². The zero-order chi connectivity index (χ0) is 24.7. The van der Waals surface area contributed by atoms with Crippen LogP contribution in [0.4, 0.5) is 0 Å². The minimum atomic E-state index is -4.02. The Morgan fingerprint density at radius 3 is 2.24 bits per heavy atom. The van der Waals surface area contributed by atoms with Gasteiger partial charge in [-0.2, -0.15) is 4.31 Å². The molecule has 3 rings (SSSR count). The van der Waals surface area contributed by atoms with E-state index in [-0.39, 0.29) is 30.0 Å². The van der Waals surface area contributed by atoms with Crippen LogP contribution < -0.4 is 5.32 Å². The Labute approximate surface area is 200 Å². The number of amides is 1. The summed E-state index contributed by atoms with van der Waals surface area (Å²) in [6.45, 7) is 2.85. The molecule has 9 heteroatoms. The Bertz CT molecular complexity index is 1180. The number of nitrogens with one attached hydrogen (secondary N) is 1. The molecule has 1 amide bonds. The van der Waals surface area contributed by atoms with Crippen molar-refractivity contribution in [2.45, 2.75) is 37.4 Å². The van der Waals surface area contributed by atoms with Crippen molar-refractivity contribution in [2.75, 3.05) is 13.2 Å². The van der Waals surface area contributed by atoms with Crippen LogP contribution in [0.3, 0.4) is 0 Å². The monoisotopic (exact) mass is 483 g/mol. The minimum Gasteiger partial charge on any atom is -0.394 e. The average Bonchev–Trinajstić information content (AvgIpc) is 2.85. The van der Waals surface area contributed by atoms with Crippen LogP contribution in [-0.4, -0.2) is 53.1 Å². The van der Waals surface area contributed by atoms with Crippen LogP contribution in [0.5, 0.6) is 0 Å². The number of carbonyl (C=O) groups is 1. The zero-order valence-corrected chi connectivity index (χ0v) is 19.9. The molecule has 0 fully saturated rings. The number of nitrogens with zero attached hydrogens (tertiary/aromatic N) is 2. The lowest BCUT2D eigenvalue weighted by molar-refractivity contribution is 0.0922. The number of hydrogen-bond acceptors (Lipinski definition) is 6. The standard InChI is InChI=1S/C25H29N3O5S/c1-18-8-13-23(14-26-18)34(32,33)28(24(17-30)21-6-4-3-5-7-21)15-20-9-11-22(12-10-20)25(31)27-19(2)16-29/h3-14,19,24,29-30H,15-17H2,1-2H3,(H,27,31)/t19-,24?/m1/s1. The summed E-state index contributed by atoms with van der Waals surface area (Å²) < 4.78 is 28.5. The number of rotatable bonds is 10. The second-order valence-electron chi connectivity index (χ2n) is 8.05. The number of hydrogen-bond donors (Lipinski definition) is 3. The van der Waals surface area contributed by atoms with Gasteiger partial charge in [0.25, 0.3) is 5.91 Å². The maximum atomic E-state index is 13.6. The third-order valence-electron chi connectivity index (χ3n) is 5.40. The van der Waals surface area contributed by atoms with Crippen LogP contribution >= 0.6 is 0 Å². The lowest BCUT2D eigenvalue weighted by atomic mass is 10.1. The summed E-state index contributed by atoms with van der Waals surface area (Å²) in [5, 5.41) is 22.0. The van der Waals surface area contributed by atoms with Crippen molar-refractivity contribution in [1.29, 1.82) is 0 Å². The largest absolute Gasteiger partial charge is 0.394 e. The van der Waals surface area contributed by atoms with Crippen molar-refractivity contribution >= 4 is 15.9 Å². The van der Waals surface area contributed by atoms with Crippen LogP contribution in [0.15, 0.2) is 77.8 Å². The SMILES string of the molecule is Cc1ccc(S(=O)(=O)N(Cc2ccc(C(=O)N[C@H](C)CO)cc2)C(CO)c2ccccc2)cn1. The van der Waals surface area contributed by atoms with Crippen LogP contribution in [0, 0.1) is 6.92 Å². The highest BCUT2D eigenvalue weighted by Crippen LogP contribution is 2.29. The quantitative estimate of drug-likeness (QED) is 0.407. The molecule has 1 heterocycles. The van der Waals surface area contributed by atoms with E-state index in [2.05, 4.69) is 10.3 Å². The summed E-state index contributed by atoms with van der Waals surface area (Å²) in [6.07, 6.45) is 1.31. The molecule has 2 aromatic carbocycles. The van der Waals surface area contributed by atoms with Gasteiger partial charge in [0.2, 0.25) is 10.0 Å². The van der Waals surface area contributed by atoms with E-state index in [4.69, 9.17) is 5.11 Å². The van der Waals surface area contributed by atoms with Gasteiger partial charge in [-0.15, -0.1) is 0 Å². The molecule has 0 radical (unpaired) electrons. The fourth-order valence-electron chi connectivity index (χ4n) is 3.44. The van der Waals surface area contributed by atoms with Crippen LogP contribution in [0.25, 0.3) is 0 Å². The number of sulfonamides is 1. The number of aliphatic hydroxyl groups is 2. The van der Waals surface area contributed by atoms with E-state index >= 15 is 0 Å². The molecule has 1 unspecified atom stereocenters. The van der Waals surface area contributed by atoms with Crippen molar-refractivity contribution in [2.24, 2.45) is 0 Å². The molecule has 0 bridgehead atoms. The first-order valence-corrected chi connectivity index (χ1v) is 12.3. The van der Waals surface area contributed by atoms with E-state index in [1.54, 1.807) is 68.4 Å². The number of aliphatic hydroxyl groups excluding tert-OH is 2. The van der Waals surface area contributed by atoms with Gasteiger partial charge in [-0.25, -0.2) is 8.42 Å². The van der Waals surface area contributed by atoms with E-state index in [9.17, 15) is 18.3 Å². The molecule has 0 aliphatic heterocycles. The fraction of sp³-hybridized carbons (Fsp3) is 0.280. The van der Waals surface area contributed by atoms with Crippen LogP contribution in [0.1, 0.15) is 40.1 Å². The molecule has 1 aromatic heterocycles. The van der Waals surface area contributed by atoms with Gasteiger partial charge in [0.05, 0.1) is 19.3 Å². The first-order chi connectivity index (χ1) is 16.3. The van der Waals surface area contributed by atoms with E-state index in [1.165, 1.54) is 16.6 Å². The molecule has 0 saturated carbocycles. The van der Waals surface area contributed by atoms with Gasteiger partial charge in [-0.05, 0) is 49.2 Å². The number of pyridine rings is 1. The maximum absolute atomic E-state index is 13.6. The van der Waals surface area contributed by atoms with E-state index < -0.39 is 22.7 Å². The summed E-state index contributed by atoms with van der Waals surface area (Å²) >= 11 is 0. The van der Waals surface area contributed by atoms with Gasteiger partial charge in [-0.1, -0.05) is 42.5 Å². The Morgan fingerprint density at radius 1 is 1.00 bits per heavy atom. The zero-order valence-electron chi connectivity index (χ0n) is 19.1. The summed E-state index contributed by atoms with van der Waals surface area (Å²) in [5.41, 5.74) is 2.38. The van der Waals surface area contributed by atoms with Gasteiger partial charge in [0.1, 0.15) is 4.90 Å². The predicted molar refractivity (Wildman–Crippen MR) is 128 cm³/mol. The summed E-state index contributed by atoms with van der Waals surface area (Å²) in [7, 11) is -4.02. The molecule has 8 nitrogen and oxygen atoms in total. The lowest BCUT2D eigenvalue weighted by Gasteiger charge is -2.30. The molecule has 2 atom stereocenters. The summed E-state index contributed by atoms with van der Waals surface area (Å²) in [5.74, 6) is -0.333. The summed E-state index contributed by atoms with van der Waals surface area (Å²) in [6, 6.07) is 17.4. The highest BCUT2D eigenvalue weighted by molar-refractivity contribution is 7.89. The Balaban J connectivity index is 1.96. The molecule has 0 aliphatic carbocycles. The maximum Gasteiger partial charge on any atom is 0.251 e. The van der Waals surface area contributed by atoms with Crippen molar-refractivity contribution in [3.8, 4) is 0 Å². The molecule has 3 N–H and O–H groups in total. The first kappa shape index (κ1) is 25.5. The Hall–Kier alpha value is -3.11. The van der Waals surface area contributed by atoms with Crippen molar-refractivity contribution in [1.82, 2.24) is 14.6 Å². The van der Waals surface area contributed by atoms with Gasteiger partial charge in [0, 0.05) is 30.0 Å². The normalized spacial score (nSPS) is 13.4. The van der Waals surface area contributed by atoms with Gasteiger partial charge in [-0.3, -0.25) is 9.78 Å². The number of aryl methyl sites for hydroxylation is 1. The molecule has 0 saturated heterocycles. The minimum absolute atomic E-state index is 0.0225. The Kier molecular flexibility index (Phi) is 8.51. The third-order valence-corrected chi connectivity index (χ3v) is 7.24. The fourth-order valence-corrected chi connectivity index (χ4v) is 4.98. The van der Waals surface area contributed by atoms with Crippen molar-refractivity contribution < 1.29 is 23.4 Å². The van der Waals surface area contributed by atoms with Gasteiger partial charge in [0.15, 0.2) is 0 Å². The second-order valence-corrected chi connectivity index (χ2v) is 9.94. The number of aromatic nitrogens is 1. The topological polar surface area (TPSA) is 120 Å². The molecule has 34 heavy (non-hydrogen) atoms. The number of benzene rings is 2. The Morgan fingerprint density at radius 2 is 1.68 bits per heavy atom. The smallest absolute Gasteiger partial charge is 0.251 e. The summed E-state index contributed by atoms with van der Waals surface area (Å²) in [4.78, 5) is 16.4. The van der Waals surface area contributed by atoms with E-state index in [0.29, 0.717) is 22.4 Å². The van der Waals surface area contributed by atoms with Crippen LogP contribution in [0.2, 0.25) is 0 Å². The van der Waals surface area contributed by atoms with E-state index in [1.807, 2.05) is 6.07 Å². The predicted octanol–water partition coefficient (Wildman–Crippen LogP) is 2.43. The first-order valence-electron chi connectivity index (χ1n) is 10.9. The second kappa shape index (κ2) is 11.3. The molecule has 0 aliphatic rings. The molecule has 3 aromatic rings. The van der Waals surface area contributed by atoms with Crippen molar-refractivity contribution in [3.05, 3.63) is 95.3 Å². The number of carbonyl (C=O) groups excluding carboxylic acids is 1. The molecular formula is C25H29N3O5S. The highest BCUT2D eigenvalue weighted by atomic mass is 32.2. The highest BCUT2D eigenvalue weighted by Gasteiger charge is 2.32. The van der Waals surface area contributed by atoms with E-state index in [0.717, 1.165) is 0 Å². The molecular weight excluding hydrogens is 454 g/mol.